The van der Waals surface area contributed by atoms with E-state index in [2.05, 4.69) is 26.9 Å². The number of hydrogen-bond acceptors (Lipinski definition) is 9. The maximum atomic E-state index is 12.6. The standard InChI is InChI=1S/C16H14N4O7S2/c1-2-7-4-29-15-11(14(24)20(15)12(7)16(25)26)18-13(23)10(8-5-28-6-17-8)19-27-3-9(21)22/h2,5-6,11,15H,1,3-4H2,(H,18,23)(H,21,22)(H,25,26)/t11?,15-/m0/s1. The number of nitrogens with zero attached hydrogens (tertiary/aromatic N) is 3. The number of carboxylic acid groups (broad SMARTS) is 2. The van der Waals surface area contributed by atoms with Gasteiger partial charge in [-0.1, -0.05) is 17.8 Å². The Labute approximate surface area is 171 Å². The van der Waals surface area contributed by atoms with Gasteiger partial charge in [0, 0.05) is 11.1 Å². The topological polar surface area (TPSA) is 158 Å². The number of thioether (sulfide) groups is 1. The molecule has 2 aliphatic rings. The van der Waals surface area contributed by atoms with Crippen molar-refractivity contribution in [1.29, 1.82) is 0 Å². The fourth-order valence-corrected chi connectivity index (χ4v) is 4.57. The van der Waals surface area contributed by atoms with Crippen LogP contribution in [0.15, 0.2) is 40.0 Å². The molecule has 2 amide bonds. The van der Waals surface area contributed by atoms with E-state index in [1.54, 1.807) is 0 Å². The fourth-order valence-electron chi connectivity index (χ4n) is 2.70. The van der Waals surface area contributed by atoms with Crippen molar-refractivity contribution in [1.82, 2.24) is 15.2 Å². The van der Waals surface area contributed by atoms with Crippen molar-refractivity contribution in [3.05, 3.63) is 40.5 Å². The lowest BCUT2D eigenvalue weighted by Crippen LogP contribution is -2.71. The molecule has 13 heteroatoms. The van der Waals surface area contributed by atoms with Gasteiger partial charge in [-0.05, 0) is 5.57 Å². The molecule has 3 N–H and O–H groups in total. The van der Waals surface area contributed by atoms with Crippen LogP contribution in [0.5, 0.6) is 0 Å². The quantitative estimate of drug-likeness (QED) is 0.286. The number of fused-ring (bicyclic) bond motifs is 1. The van der Waals surface area contributed by atoms with Crippen molar-refractivity contribution >= 4 is 52.6 Å². The number of aromatic nitrogens is 1. The summed E-state index contributed by atoms with van der Waals surface area (Å²) in [6, 6.07) is -0.975. The largest absolute Gasteiger partial charge is 0.479 e. The summed E-state index contributed by atoms with van der Waals surface area (Å²) in [5.74, 6) is -3.59. The van der Waals surface area contributed by atoms with Crippen molar-refractivity contribution < 1.29 is 34.2 Å². The van der Waals surface area contributed by atoms with Gasteiger partial charge in [-0.15, -0.1) is 23.1 Å². The summed E-state index contributed by atoms with van der Waals surface area (Å²) < 4.78 is 0. The number of allylic oxidation sites excluding steroid dienone is 1. The van der Waals surface area contributed by atoms with E-state index in [9.17, 15) is 24.3 Å². The minimum Gasteiger partial charge on any atom is -0.479 e. The van der Waals surface area contributed by atoms with Crippen molar-refractivity contribution in [2.24, 2.45) is 5.16 Å². The van der Waals surface area contributed by atoms with Crippen LogP contribution in [-0.4, -0.2) is 73.3 Å². The third-order valence-corrected chi connectivity index (χ3v) is 5.86. The summed E-state index contributed by atoms with van der Waals surface area (Å²) in [5.41, 5.74) is 1.57. The predicted octanol–water partition coefficient (Wildman–Crippen LogP) is -0.127. The van der Waals surface area contributed by atoms with E-state index >= 15 is 0 Å². The average Bonchev–Trinajstić information content (AvgIpc) is 3.21. The molecule has 0 radical (unpaired) electrons. The first-order valence-corrected chi connectivity index (χ1v) is 9.99. The molecule has 2 aliphatic heterocycles. The molecule has 152 valence electrons. The summed E-state index contributed by atoms with van der Waals surface area (Å²) in [6.45, 7) is 2.81. The van der Waals surface area contributed by atoms with Gasteiger partial charge in [0.2, 0.25) is 6.61 Å². The number of carboxylic acids is 2. The molecule has 2 atom stereocenters. The van der Waals surface area contributed by atoms with Crippen molar-refractivity contribution in [2.75, 3.05) is 12.4 Å². The minimum absolute atomic E-state index is 0.151. The molecule has 0 bridgehead atoms. The third-order valence-electron chi connectivity index (χ3n) is 3.97. The predicted molar refractivity (Wildman–Crippen MR) is 102 cm³/mol. The van der Waals surface area contributed by atoms with E-state index < -0.39 is 41.8 Å². The van der Waals surface area contributed by atoms with Crippen LogP contribution < -0.4 is 5.32 Å². The average molecular weight is 438 g/mol. The first-order valence-electron chi connectivity index (χ1n) is 7.99. The Morgan fingerprint density at radius 3 is 2.79 bits per heavy atom. The maximum absolute atomic E-state index is 12.6. The fraction of sp³-hybridized carbons (Fsp3) is 0.250. The molecule has 0 aliphatic carbocycles. The number of carbonyl (C=O) groups is 4. The van der Waals surface area contributed by atoms with Crippen LogP contribution in [0.2, 0.25) is 0 Å². The van der Waals surface area contributed by atoms with Crippen molar-refractivity contribution in [2.45, 2.75) is 11.4 Å². The van der Waals surface area contributed by atoms with Gasteiger partial charge in [-0.3, -0.25) is 14.5 Å². The Kier molecular flexibility index (Phi) is 5.98. The highest BCUT2D eigenvalue weighted by atomic mass is 32.2. The normalized spacial score (nSPS) is 21.2. The maximum Gasteiger partial charge on any atom is 0.352 e. The summed E-state index contributed by atoms with van der Waals surface area (Å²) in [5, 5.41) is 25.0. The Morgan fingerprint density at radius 1 is 1.45 bits per heavy atom. The Bertz CT molecular complexity index is 941. The molecule has 1 aromatic heterocycles. The van der Waals surface area contributed by atoms with Crippen LogP contribution in [0.25, 0.3) is 0 Å². The first-order chi connectivity index (χ1) is 13.8. The molecule has 1 fully saturated rings. The number of oxime groups is 1. The van der Waals surface area contributed by atoms with Crippen LogP contribution in [0.1, 0.15) is 5.69 Å². The zero-order valence-electron chi connectivity index (χ0n) is 14.6. The number of nitrogens with one attached hydrogen (secondary N) is 1. The highest BCUT2D eigenvalue weighted by molar-refractivity contribution is 8.00. The zero-order valence-corrected chi connectivity index (χ0v) is 16.2. The van der Waals surface area contributed by atoms with E-state index in [4.69, 9.17) is 5.11 Å². The SMILES string of the molecule is C=CC1=C(C(=O)O)N2C(=O)C(NC(=O)C(=NOCC(=O)O)c3cscn3)[C@@H]2SC1. The van der Waals surface area contributed by atoms with Crippen LogP contribution in [0.3, 0.4) is 0 Å². The van der Waals surface area contributed by atoms with Gasteiger partial charge in [-0.2, -0.15) is 0 Å². The first kappa shape index (κ1) is 20.5. The van der Waals surface area contributed by atoms with Crippen LogP contribution in [0.4, 0.5) is 0 Å². The van der Waals surface area contributed by atoms with Crippen LogP contribution >= 0.6 is 23.1 Å². The minimum atomic E-state index is -1.28. The van der Waals surface area contributed by atoms with Gasteiger partial charge in [0.1, 0.15) is 22.8 Å². The smallest absolute Gasteiger partial charge is 0.352 e. The molecule has 0 aromatic carbocycles. The molecule has 29 heavy (non-hydrogen) atoms. The van der Waals surface area contributed by atoms with Crippen molar-refractivity contribution in [3.63, 3.8) is 0 Å². The van der Waals surface area contributed by atoms with Gasteiger partial charge < -0.3 is 20.4 Å². The zero-order chi connectivity index (χ0) is 21.1. The molecule has 1 saturated heterocycles. The molecular formula is C16H14N4O7S2. The lowest BCUT2D eigenvalue weighted by atomic mass is 10.0. The van der Waals surface area contributed by atoms with E-state index in [1.165, 1.54) is 40.1 Å². The van der Waals surface area contributed by atoms with Gasteiger partial charge >= 0.3 is 11.9 Å². The molecule has 0 saturated carbocycles. The second-order valence-electron chi connectivity index (χ2n) is 5.72. The molecule has 3 heterocycles. The summed E-state index contributed by atoms with van der Waals surface area (Å²) in [4.78, 5) is 57.0. The number of hydrogen-bond donors (Lipinski definition) is 3. The van der Waals surface area contributed by atoms with Gasteiger partial charge in [0.15, 0.2) is 5.71 Å². The van der Waals surface area contributed by atoms with Gasteiger partial charge in [0.05, 0.1) is 5.51 Å². The van der Waals surface area contributed by atoms with E-state index in [0.29, 0.717) is 11.3 Å². The van der Waals surface area contributed by atoms with Crippen LogP contribution in [-0.2, 0) is 24.0 Å². The molecule has 0 spiro atoms. The number of rotatable bonds is 8. The number of aliphatic carboxylic acids is 2. The molecule has 11 nitrogen and oxygen atoms in total. The number of carbonyl (C=O) groups excluding carboxylic acids is 2. The lowest BCUT2D eigenvalue weighted by molar-refractivity contribution is -0.150. The molecule has 1 aromatic rings. The monoisotopic (exact) mass is 438 g/mol. The summed E-state index contributed by atoms with van der Waals surface area (Å²) in [6.07, 6.45) is 1.39. The lowest BCUT2D eigenvalue weighted by Gasteiger charge is -2.49. The second kappa shape index (κ2) is 8.45. The molecule has 3 rings (SSSR count). The van der Waals surface area contributed by atoms with Gasteiger partial charge in [0.25, 0.3) is 11.8 Å². The van der Waals surface area contributed by atoms with E-state index in [1.807, 2.05) is 0 Å². The molecule has 1 unspecified atom stereocenters. The highest BCUT2D eigenvalue weighted by Gasteiger charge is 2.54. The Morgan fingerprint density at radius 2 is 2.21 bits per heavy atom. The Balaban J connectivity index is 1.77. The van der Waals surface area contributed by atoms with E-state index in [0.717, 1.165) is 4.90 Å². The van der Waals surface area contributed by atoms with E-state index in [-0.39, 0.29) is 17.1 Å². The number of β-lactam (4-membered cyclic amide) rings is 1. The van der Waals surface area contributed by atoms with Gasteiger partial charge in [-0.25, -0.2) is 14.6 Å². The summed E-state index contributed by atoms with van der Waals surface area (Å²) >= 11 is 2.47. The number of thiazole rings is 1. The third kappa shape index (κ3) is 4.00. The molecular weight excluding hydrogens is 424 g/mol. The van der Waals surface area contributed by atoms with Crippen molar-refractivity contribution in [3.8, 4) is 0 Å². The number of amides is 2. The highest BCUT2D eigenvalue weighted by Crippen LogP contribution is 2.40. The second-order valence-corrected chi connectivity index (χ2v) is 7.55. The summed E-state index contributed by atoms with van der Waals surface area (Å²) in [7, 11) is 0. The van der Waals surface area contributed by atoms with Crippen LogP contribution in [0, 0.1) is 0 Å². The Hall–Kier alpha value is -3.19.